The van der Waals surface area contributed by atoms with E-state index in [1.807, 2.05) is 7.05 Å². The summed E-state index contributed by atoms with van der Waals surface area (Å²) in [5.41, 5.74) is 0.579. The van der Waals surface area contributed by atoms with Crippen LogP contribution in [0.2, 0.25) is 0 Å². The minimum Gasteiger partial charge on any atom is -0.326 e. The molecule has 1 unspecified atom stereocenters. The van der Waals surface area contributed by atoms with E-state index >= 15 is 0 Å². The first-order valence-electron chi connectivity index (χ1n) is 6.48. The van der Waals surface area contributed by atoms with Gasteiger partial charge in [-0.15, -0.1) is 0 Å². The number of primary sulfonamides is 1. The molecule has 7 heteroatoms. The van der Waals surface area contributed by atoms with Crippen LogP contribution < -0.4 is 10.5 Å². The lowest BCUT2D eigenvalue weighted by Crippen LogP contribution is -2.38. The Morgan fingerprint density at radius 3 is 2.55 bits per heavy atom. The zero-order chi connectivity index (χ0) is 14.8. The molecule has 3 N–H and O–H groups in total. The van der Waals surface area contributed by atoms with Gasteiger partial charge in [-0.3, -0.25) is 4.79 Å². The Kier molecular flexibility index (Phi) is 4.42. The van der Waals surface area contributed by atoms with Crippen LogP contribution in [0, 0.1) is 5.92 Å². The van der Waals surface area contributed by atoms with Gasteiger partial charge in [0.2, 0.25) is 15.9 Å². The highest BCUT2D eigenvalue weighted by Gasteiger charge is 2.23. The van der Waals surface area contributed by atoms with Gasteiger partial charge in [-0.2, -0.15) is 0 Å². The number of nitrogens with one attached hydrogen (secondary N) is 1. The first-order valence-corrected chi connectivity index (χ1v) is 8.03. The van der Waals surface area contributed by atoms with E-state index in [2.05, 4.69) is 10.2 Å². The Balaban J connectivity index is 2.01. The molecule has 1 atom stereocenters. The van der Waals surface area contributed by atoms with Crippen molar-refractivity contribution in [2.24, 2.45) is 11.1 Å². The number of hydrogen-bond donors (Lipinski definition) is 2. The lowest BCUT2D eigenvalue weighted by Gasteiger charge is -2.28. The van der Waals surface area contributed by atoms with E-state index < -0.39 is 10.0 Å². The third-order valence-electron chi connectivity index (χ3n) is 3.45. The van der Waals surface area contributed by atoms with Gasteiger partial charge in [0.25, 0.3) is 0 Å². The number of piperidine rings is 1. The fourth-order valence-corrected chi connectivity index (χ4v) is 2.87. The van der Waals surface area contributed by atoms with Crippen molar-refractivity contribution >= 4 is 21.6 Å². The molecule has 1 aromatic rings. The van der Waals surface area contributed by atoms with Crippen molar-refractivity contribution in [2.75, 3.05) is 25.5 Å². The topological polar surface area (TPSA) is 92.5 Å². The summed E-state index contributed by atoms with van der Waals surface area (Å²) in [6, 6.07) is 5.87. The second kappa shape index (κ2) is 5.90. The predicted octanol–water partition coefficient (Wildman–Crippen LogP) is 0.614. The third-order valence-corrected chi connectivity index (χ3v) is 4.37. The fraction of sp³-hybridized carbons (Fsp3) is 0.462. The zero-order valence-electron chi connectivity index (χ0n) is 11.4. The number of nitrogens with two attached hydrogens (primary N) is 1. The lowest BCUT2D eigenvalue weighted by atomic mass is 9.97. The molecular weight excluding hydrogens is 278 g/mol. The lowest BCUT2D eigenvalue weighted by molar-refractivity contribution is -0.121. The number of sulfonamides is 1. The molecule has 0 aliphatic carbocycles. The van der Waals surface area contributed by atoms with E-state index in [1.54, 1.807) is 12.1 Å². The quantitative estimate of drug-likeness (QED) is 0.855. The smallest absolute Gasteiger partial charge is 0.238 e. The van der Waals surface area contributed by atoms with Crippen LogP contribution in [0.3, 0.4) is 0 Å². The molecule has 1 aliphatic rings. The zero-order valence-corrected chi connectivity index (χ0v) is 12.2. The van der Waals surface area contributed by atoms with Gasteiger partial charge in [-0.1, -0.05) is 0 Å². The summed E-state index contributed by atoms with van der Waals surface area (Å²) in [4.78, 5) is 14.3. The maximum atomic E-state index is 12.1. The largest absolute Gasteiger partial charge is 0.326 e. The van der Waals surface area contributed by atoms with Crippen LogP contribution in [0.5, 0.6) is 0 Å². The highest BCUT2D eigenvalue weighted by Crippen LogP contribution is 2.18. The molecule has 1 saturated heterocycles. The van der Waals surface area contributed by atoms with E-state index in [-0.39, 0.29) is 16.7 Å². The van der Waals surface area contributed by atoms with Gasteiger partial charge < -0.3 is 10.2 Å². The van der Waals surface area contributed by atoms with Crippen molar-refractivity contribution in [2.45, 2.75) is 17.7 Å². The van der Waals surface area contributed by atoms with Crippen molar-refractivity contribution in [3.05, 3.63) is 24.3 Å². The molecule has 0 radical (unpaired) electrons. The second-order valence-corrected chi connectivity index (χ2v) is 6.72. The number of rotatable bonds is 3. The van der Waals surface area contributed by atoms with Crippen molar-refractivity contribution in [3.8, 4) is 0 Å². The number of benzene rings is 1. The first-order chi connectivity index (χ1) is 9.36. The van der Waals surface area contributed by atoms with Crippen LogP contribution in [0.25, 0.3) is 0 Å². The Hall–Kier alpha value is -1.44. The number of nitrogens with zero attached hydrogens (tertiary/aromatic N) is 1. The van der Waals surface area contributed by atoms with E-state index in [0.717, 1.165) is 25.9 Å². The van der Waals surface area contributed by atoms with E-state index in [0.29, 0.717) is 5.69 Å². The normalized spacial score (nSPS) is 20.6. The van der Waals surface area contributed by atoms with Crippen molar-refractivity contribution in [3.63, 3.8) is 0 Å². The molecule has 0 aromatic heterocycles. The Morgan fingerprint density at radius 2 is 2.00 bits per heavy atom. The summed E-state index contributed by atoms with van der Waals surface area (Å²) in [7, 11) is -1.69. The molecule has 2 rings (SSSR count). The minimum atomic E-state index is -3.70. The molecule has 0 saturated carbocycles. The number of likely N-dealkylation sites (tertiary alicyclic amines) is 1. The molecule has 0 spiro atoms. The number of carbonyl (C=O) groups is 1. The SMILES string of the molecule is CN1CCCC(C(=O)Nc2ccc(S(N)(=O)=O)cc2)C1. The number of anilines is 1. The maximum absolute atomic E-state index is 12.1. The number of amides is 1. The number of hydrogen-bond acceptors (Lipinski definition) is 4. The highest BCUT2D eigenvalue weighted by atomic mass is 32.2. The van der Waals surface area contributed by atoms with Crippen LogP contribution in [0.4, 0.5) is 5.69 Å². The van der Waals surface area contributed by atoms with E-state index in [9.17, 15) is 13.2 Å². The van der Waals surface area contributed by atoms with Crippen molar-refractivity contribution in [1.29, 1.82) is 0 Å². The molecule has 1 heterocycles. The molecule has 110 valence electrons. The maximum Gasteiger partial charge on any atom is 0.238 e. The van der Waals surface area contributed by atoms with Gasteiger partial charge in [0.05, 0.1) is 10.8 Å². The van der Waals surface area contributed by atoms with E-state index in [4.69, 9.17) is 5.14 Å². The summed E-state index contributed by atoms with van der Waals surface area (Å²) in [5.74, 6) is -0.0495. The van der Waals surface area contributed by atoms with Gasteiger partial charge in [0.1, 0.15) is 0 Å². The van der Waals surface area contributed by atoms with Crippen LogP contribution in [0.1, 0.15) is 12.8 Å². The molecule has 6 nitrogen and oxygen atoms in total. The molecule has 0 bridgehead atoms. The Labute approximate surface area is 119 Å². The van der Waals surface area contributed by atoms with Gasteiger partial charge in [-0.05, 0) is 50.7 Å². The summed E-state index contributed by atoms with van der Waals surface area (Å²) in [6.07, 6.45) is 1.89. The predicted molar refractivity (Wildman–Crippen MR) is 76.7 cm³/mol. The Bertz CT molecular complexity index is 583. The summed E-state index contributed by atoms with van der Waals surface area (Å²) < 4.78 is 22.3. The molecule has 1 aromatic carbocycles. The standard InChI is InChI=1S/C13H19N3O3S/c1-16-8-2-3-10(9-16)13(17)15-11-4-6-12(7-5-11)20(14,18)19/h4-7,10H,2-3,8-9H2,1H3,(H,15,17)(H2,14,18,19). The molecule has 20 heavy (non-hydrogen) atoms. The summed E-state index contributed by atoms with van der Waals surface area (Å²) >= 11 is 0. The van der Waals surface area contributed by atoms with Crippen molar-refractivity contribution < 1.29 is 13.2 Å². The van der Waals surface area contributed by atoms with Crippen LogP contribution in [-0.4, -0.2) is 39.4 Å². The monoisotopic (exact) mass is 297 g/mol. The van der Waals surface area contributed by atoms with Crippen LogP contribution >= 0.6 is 0 Å². The second-order valence-electron chi connectivity index (χ2n) is 5.16. The molecular formula is C13H19N3O3S. The highest BCUT2D eigenvalue weighted by molar-refractivity contribution is 7.89. The summed E-state index contributed by atoms with van der Waals surface area (Å²) in [5, 5.41) is 7.83. The van der Waals surface area contributed by atoms with Gasteiger partial charge >= 0.3 is 0 Å². The van der Waals surface area contributed by atoms with Crippen LogP contribution in [-0.2, 0) is 14.8 Å². The fourth-order valence-electron chi connectivity index (χ4n) is 2.35. The summed E-state index contributed by atoms with van der Waals surface area (Å²) in [6.45, 7) is 1.77. The number of carbonyl (C=O) groups excluding carboxylic acids is 1. The molecule has 1 fully saturated rings. The third kappa shape index (κ3) is 3.78. The van der Waals surface area contributed by atoms with Crippen molar-refractivity contribution in [1.82, 2.24) is 4.90 Å². The van der Waals surface area contributed by atoms with Gasteiger partial charge in [0, 0.05) is 12.2 Å². The van der Waals surface area contributed by atoms with E-state index in [1.165, 1.54) is 12.1 Å². The Morgan fingerprint density at radius 1 is 1.35 bits per heavy atom. The van der Waals surface area contributed by atoms with Gasteiger partial charge in [0.15, 0.2) is 0 Å². The van der Waals surface area contributed by atoms with Crippen LogP contribution in [0.15, 0.2) is 29.2 Å². The molecule has 1 aliphatic heterocycles. The minimum absolute atomic E-state index is 0.0216. The van der Waals surface area contributed by atoms with Gasteiger partial charge in [-0.25, -0.2) is 13.6 Å². The average Bonchev–Trinajstić information content (AvgIpc) is 2.38. The average molecular weight is 297 g/mol. The molecule has 1 amide bonds. The first kappa shape index (κ1) is 15.0.